The van der Waals surface area contributed by atoms with Crippen LogP contribution < -0.4 is 10.7 Å². The third kappa shape index (κ3) is 2.79. The van der Waals surface area contributed by atoms with Crippen molar-refractivity contribution in [2.24, 2.45) is 22.9 Å². The lowest BCUT2D eigenvalue weighted by atomic mass is 9.92. The van der Waals surface area contributed by atoms with Crippen molar-refractivity contribution in [1.29, 1.82) is 0 Å². The number of urea groups is 1. The minimum Gasteiger partial charge on any atom is -0.459 e. The summed E-state index contributed by atoms with van der Waals surface area (Å²) < 4.78 is 4.92. The van der Waals surface area contributed by atoms with Gasteiger partial charge in [-0.15, -0.1) is 0 Å². The van der Waals surface area contributed by atoms with Crippen LogP contribution in [0.1, 0.15) is 36.2 Å². The molecule has 1 aromatic rings. The zero-order chi connectivity index (χ0) is 18.3. The van der Waals surface area contributed by atoms with E-state index in [0.29, 0.717) is 11.8 Å². The fourth-order valence-corrected chi connectivity index (χ4v) is 4.21. The molecule has 9 nitrogen and oxygen atoms in total. The smallest absolute Gasteiger partial charge is 0.331 e. The van der Waals surface area contributed by atoms with E-state index >= 15 is 0 Å². The molecular weight excluding hydrogens is 340 g/mol. The van der Waals surface area contributed by atoms with Crippen LogP contribution in [-0.2, 0) is 9.59 Å². The highest BCUT2D eigenvalue weighted by Gasteiger charge is 2.50. The van der Waals surface area contributed by atoms with Crippen molar-refractivity contribution in [1.82, 2.24) is 15.6 Å². The third-order valence-electron chi connectivity index (χ3n) is 5.40. The summed E-state index contributed by atoms with van der Waals surface area (Å²) in [5.41, 5.74) is 2.20. The number of furan rings is 1. The average molecular weight is 358 g/mol. The number of barbiturate groups is 1. The first-order chi connectivity index (χ1) is 12.5. The second-order valence-electron chi connectivity index (χ2n) is 6.92. The van der Waals surface area contributed by atoms with Gasteiger partial charge in [0.2, 0.25) is 11.8 Å². The molecule has 2 aliphatic carbocycles. The van der Waals surface area contributed by atoms with Crippen molar-refractivity contribution in [2.75, 3.05) is 0 Å². The Morgan fingerprint density at radius 2 is 2.15 bits per heavy atom. The molecule has 3 aliphatic rings. The first kappa shape index (κ1) is 16.5. The van der Waals surface area contributed by atoms with Crippen molar-refractivity contribution in [3.8, 4) is 0 Å². The van der Waals surface area contributed by atoms with E-state index < -0.39 is 29.7 Å². The number of hydrazone groups is 1. The van der Waals surface area contributed by atoms with Gasteiger partial charge in [-0.1, -0.05) is 6.42 Å². The average Bonchev–Trinajstić information content (AvgIpc) is 3.34. The van der Waals surface area contributed by atoms with Crippen molar-refractivity contribution >= 4 is 30.0 Å². The van der Waals surface area contributed by atoms with E-state index in [1.54, 1.807) is 6.07 Å². The second kappa shape index (κ2) is 6.40. The normalized spacial score (nSPS) is 30.9. The Balaban J connectivity index is 1.46. The Hall–Kier alpha value is -2.97. The molecule has 2 bridgehead atoms. The lowest BCUT2D eigenvalue weighted by Crippen LogP contribution is -2.62. The van der Waals surface area contributed by atoms with E-state index in [4.69, 9.17) is 4.42 Å². The van der Waals surface area contributed by atoms with Crippen LogP contribution in [0.3, 0.4) is 0 Å². The first-order valence-corrected chi connectivity index (χ1v) is 8.59. The summed E-state index contributed by atoms with van der Waals surface area (Å²) in [6.45, 7) is 0. The second-order valence-corrected chi connectivity index (χ2v) is 6.92. The summed E-state index contributed by atoms with van der Waals surface area (Å²) in [7, 11) is 0. The topological polar surface area (TPSA) is 121 Å². The van der Waals surface area contributed by atoms with E-state index in [9.17, 15) is 19.2 Å². The predicted octanol–water partition coefficient (Wildman–Crippen LogP) is 0.878. The van der Waals surface area contributed by atoms with Crippen molar-refractivity contribution in [2.45, 2.75) is 31.7 Å². The molecule has 136 valence electrons. The SMILES string of the molecule is O=C(N/N=C\[C@@H]1C(=O)NC(=O)N([C@H]2C[C@H]3CC[C@H]2C3)C1=O)c1ccco1. The van der Waals surface area contributed by atoms with E-state index in [-0.39, 0.29) is 11.8 Å². The van der Waals surface area contributed by atoms with Gasteiger partial charge < -0.3 is 4.42 Å². The molecule has 5 amide bonds. The number of hydrogen-bond donors (Lipinski definition) is 2. The molecule has 0 aromatic carbocycles. The Labute approximate surface area is 148 Å². The standard InChI is InChI=1S/C17H18N4O5/c22-14-11(8-18-20-15(23)13-2-1-5-26-13)16(24)21(17(25)19-14)12-7-9-3-4-10(12)6-9/h1-2,5,8-12H,3-4,6-7H2,(H,20,23)(H,19,22,25)/b18-8-/t9-,10-,11+,12-/m0/s1. The molecule has 0 radical (unpaired) electrons. The van der Waals surface area contributed by atoms with Gasteiger partial charge in [-0.3, -0.25) is 24.6 Å². The zero-order valence-corrected chi connectivity index (χ0v) is 13.9. The quantitative estimate of drug-likeness (QED) is 0.470. The number of carbonyl (C=O) groups is 4. The summed E-state index contributed by atoms with van der Waals surface area (Å²) >= 11 is 0. The summed E-state index contributed by atoms with van der Waals surface area (Å²) in [6, 6.07) is 2.18. The third-order valence-corrected chi connectivity index (χ3v) is 5.40. The van der Waals surface area contributed by atoms with Crippen LogP contribution >= 0.6 is 0 Å². The van der Waals surface area contributed by atoms with Gasteiger partial charge in [0.1, 0.15) is 0 Å². The van der Waals surface area contributed by atoms with E-state index in [0.717, 1.165) is 31.9 Å². The number of rotatable bonds is 4. The van der Waals surface area contributed by atoms with Crippen molar-refractivity contribution < 1.29 is 23.6 Å². The first-order valence-electron chi connectivity index (χ1n) is 8.59. The molecular formula is C17H18N4O5. The molecule has 0 unspecified atom stereocenters. The van der Waals surface area contributed by atoms with Gasteiger partial charge in [0.25, 0.3) is 0 Å². The molecule has 1 aromatic heterocycles. The van der Waals surface area contributed by atoms with Crippen molar-refractivity contribution in [3.05, 3.63) is 24.2 Å². The highest BCUT2D eigenvalue weighted by Crippen LogP contribution is 2.47. The molecule has 2 heterocycles. The Bertz CT molecular complexity index is 787. The van der Waals surface area contributed by atoms with Gasteiger partial charge in [-0.25, -0.2) is 10.2 Å². The van der Waals surface area contributed by atoms with Gasteiger partial charge in [0.05, 0.1) is 6.26 Å². The lowest BCUT2D eigenvalue weighted by molar-refractivity contribution is -0.141. The maximum absolute atomic E-state index is 12.7. The molecule has 1 saturated heterocycles. The van der Waals surface area contributed by atoms with Crippen LogP contribution in [0.4, 0.5) is 4.79 Å². The number of nitrogens with one attached hydrogen (secondary N) is 2. The summed E-state index contributed by atoms with van der Waals surface area (Å²) in [6.07, 6.45) is 6.33. The highest BCUT2D eigenvalue weighted by molar-refractivity contribution is 6.23. The van der Waals surface area contributed by atoms with Crippen LogP contribution in [0.2, 0.25) is 0 Å². The largest absolute Gasteiger partial charge is 0.459 e. The molecule has 4 rings (SSSR count). The fourth-order valence-electron chi connectivity index (χ4n) is 4.21. The number of amides is 5. The number of nitrogens with zero attached hydrogens (tertiary/aromatic N) is 2. The van der Waals surface area contributed by atoms with Gasteiger partial charge in [0, 0.05) is 12.3 Å². The number of carbonyl (C=O) groups excluding carboxylic acids is 4. The number of fused-ring (bicyclic) bond motifs is 2. The summed E-state index contributed by atoms with van der Waals surface area (Å²) in [5.74, 6) is -2.27. The highest BCUT2D eigenvalue weighted by atomic mass is 16.3. The Morgan fingerprint density at radius 3 is 2.81 bits per heavy atom. The minimum absolute atomic E-state index is 0.0559. The molecule has 26 heavy (non-hydrogen) atoms. The van der Waals surface area contributed by atoms with Crippen LogP contribution in [-0.4, -0.2) is 40.9 Å². The molecule has 9 heteroatoms. The molecule has 2 N–H and O–H groups in total. The summed E-state index contributed by atoms with van der Waals surface area (Å²) in [5, 5.41) is 5.90. The number of hydrogen-bond acceptors (Lipinski definition) is 6. The summed E-state index contributed by atoms with van der Waals surface area (Å²) in [4.78, 5) is 49.9. The van der Waals surface area contributed by atoms with E-state index in [1.807, 2.05) is 0 Å². The van der Waals surface area contributed by atoms with Crippen LogP contribution in [0.25, 0.3) is 0 Å². The molecule has 2 saturated carbocycles. The van der Waals surface area contributed by atoms with Crippen LogP contribution in [0.15, 0.2) is 27.9 Å². The monoisotopic (exact) mass is 358 g/mol. The van der Waals surface area contributed by atoms with Gasteiger partial charge in [-0.2, -0.15) is 5.10 Å². The van der Waals surface area contributed by atoms with Gasteiger partial charge >= 0.3 is 11.9 Å². The Morgan fingerprint density at radius 1 is 1.31 bits per heavy atom. The van der Waals surface area contributed by atoms with Gasteiger partial charge in [0.15, 0.2) is 11.7 Å². The molecule has 0 spiro atoms. The molecule has 1 aliphatic heterocycles. The minimum atomic E-state index is -1.25. The van der Waals surface area contributed by atoms with Crippen LogP contribution in [0.5, 0.6) is 0 Å². The molecule has 3 fully saturated rings. The van der Waals surface area contributed by atoms with Crippen LogP contribution in [0, 0.1) is 17.8 Å². The number of imide groups is 2. The van der Waals surface area contributed by atoms with Gasteiger partial charge in [-0.05, 0) is 43.2 Å². The lowest BCUT2D eigenvalue weighted by Gasteiger charge is -2.36. The van der Waals surface area contributed by atoms with E-state index in [2.05, 4.69) is 15.8 Å². The maximum atomic E-state index is 12.7. The Kier molecular flexibility index (Phi) is 4.06. The van der Waals surface area contributed by atoms with Crippen molar-refractivity contribution in [3.63, 3.8) is 0 Å². The fraction of sp³-hybridized carbons (Fsp3) is 0.471. The van der Waals surface area contributed by atoms with E-state index in [1.165, 1.54) is 17.2 Å². The molecule has 4 atom stereocenters. The maximum Gasteiger partial charge on any atom is 0.331 e. The predicted molar refractivity (Wildman–Crippen MR) is 87.8 cm³/mol. The zero-order valence-electron chi connectivity index (χ0n) is 13.9.